The number of halogens is 2. The number of nitrogens with zero attached hydrogens (tertiary/aromatic N) is 3. The summed E-state index contributed by atoms with van der Waals surface area (Å²) in [5.41, 5.74) is 0.762. The van der Waals surface area contributed by atoms with E-state index in [1.165, 1.54) is 52.0 Å². The molecule has 3 aromatic rings. The van der Waals surface area contributed by atoms with Crippen LogP contribution in [0, 0.1) is 11.7 Å². The van der Waals surface area contributed by atoms with Gasteiger partial charge in [-0.05, 0) is 55.3 Å². The van der Waals surface area contributed by atoms with Crippen molar-refractivity contribution >= 4 is 49.1 Å². The molecule has 1 atom stereocenters. The highest BCUT2D eigenvalue weighted by Crippen LogP contribution is 2.26. The highest BCUT2D eigenvalue weighted by atomic mass is 35.5. The fourth-order valence-electron chi connectivity index (χ4n) is 3.74. The summed E-state index contributed by atoms with van der Waals surface area (Å²) < 4.78 is 43.5. The number of aromatic nitrogens is 1. The van der Waals surface area contributed by atoms with E-state index in [1.54, 1.807) is 16.7 Å². The minimum absolute atomic E-state index is 0.0638. The van der Waals surface area contributed by atoms with Crippen molar-refractivity contribution < 1.29 is 17.6 Å². The van der Waals surface area contributed by atoms with Gasteiger partial charge in [0, 0.05) is 24.7 Å². The normalized spacial score (nSPS) is 18.2. The van der Waals surface area contributed by atoms with Crippen LogP contribution in [0.1, 0.15) is 12.8 Å². The van der Waals surface area contributed by atoms with Crippen LogP contribution in [0.5, 0.6) is 0 Å². The van der Waals surface area contributed by atoms with Crippen LogP contribution in [-0.2, 0) is 21.4 Å². The number of piperidine rings is 1. The van der Waals surface area contributed by atoms with Gasteiger partial charge in [0.1, 0.15) is 5.82 Å². The van der Waals surface area contributed by atoms with E-state index in [9.17, 15) is 17.6 Å². The number of allylic oxidation sites excluding steroid dienone is 1. The van der Waals surface area contributed by atoms with Crippen molar-refractivity contribution in [3.8, 4) is 0 Å². The van der Waals surface area contributed by atoms with E-state index in [4.69, 9.17) is 11.6 Å². The Hall–Kier alpha value is -2.33. The van der Waals surface area contributed by atoms with Crippen molar-refractivity contribution in [3.05, 3.63) is 70.8 Å². The maximum Gasteiger partial charge on any atom is 0.252 e. The predicted octanol–water partition coefficient (Wildman–Crippen LogP) is 4.21. The third-order valence-electron chi connectivity index (χ3n) is 5.35. The lowest BCUT2D eigenvalue weighted by atomic mass is 9.99. The van der Waals surface area contributed by atoms with Crippen LogP contribution in [0.15, 0.2) is 65.0 Å². The van der Waals surface area contributed by atoms with E-state index in [1.807, 2.05) is 0 Å². The summed E-state index contributed by atoms with van der Waals surface area (Å²) in [4.78, 5) is 17.9. The Morgan fingerprint density at radius 3 is 2.75 bits per heavy atom. The molecule has 0 saturated carbocycles. The predicted molar refractivity (Wildman–Crippen MR) is 123 cm³/mol. The number of hydrogen-bond donors (Lipinski definition) is 0. The second kappa shape index (κ2) is 9.27. The van der Waals surface area contributed by atoms with E-state index < -0.39 is 15.9 Å². The number of benzene rings is 2. The molecule has 1 aromatic heterocycles. The van der Waals surface area contributed by atoms with Gasteiger partial charge in [-0.1, -0.05) is 29.0 Å². The number of rotatable bonds is 5. The van der Waals surface area contributed by atoms with Crippen molar-refractivity contribution in [1.82, 2.24) is 8.87 Å². The second-order valence-corrected chi connectivity index (χ2v) is 10.9. The van der Waals surface area contributed by atoms with Gasteiger partial charge in [-0.15, -0.1) is 6.58 Å². The van der Waals surface area contributed by atoms with E-state index in [-0.39, 0.29) is 23.2 Å². The Labute approximate surface area is 194 Å². The number of carbonyl (C=O) groups is 1. The van der Waals surface area contributed by atoms with E-state index in [0.29, 0.717) is 40.5 Å². The molecule has 0 bridgehead atoms. The number of hydrogen-bond acceptors (Lipinski definition) is 4. The van der Waals surface area contributed by atoms with Crippen LogP contribution in [0.4, 0.5) is 4.39 Å². The van der Waals surface area contributed by atoms with Gasteiger partial charge in [0.25, 0.3) is 5.91 Å². The average Bonchev–Trinajstić information content (AvgIpc) is 3.10. The Balaban J connectivity index is 1.62. The minimum atomic E-state index is -3.74. The fourth-order valence-corrected chi connectivity index (χ4v) is 6.46. The average molecular weight is 494 g/mol. The van der Waals surface area contributed by atoms with Crippen LogP contribution in [-0.4, -0.2) is 36.3 Å². The van der Waals surface area contributed by atoms with Crippen LogP contribution in [0.2, 0.25) is 5.02 Å². The van der Waals surface area contributed by atoms with E-state index >= 15 is 0 Å². The van der Waals surface area contributed by atoms with Crippen molar-refractivity contribution in [2.75, 3.05) is 13.1 Å². The van der Waals surface area contributed by atoms with Crippen LogP contribution < -0.4 is 4.80 Å². The van der Waals surface area contributed by atoms with Crippen LogP contribution in [0.25, 0.3) is 10.2 Å². The molecule has 0 N–H and O–H groups in total. The molecule has 168 valence electrons. The summed E-state index contributed by atoms with van der Waals surface area (Å²) in [7, 11) is -3.74. The molecule has 4 rings (SSSR count). The summed E-state index contributed by atoms with van der Waals surface area (Å²) in [6.45, 7) is 4.56. The van der Waals surface area contributed by atoms with Crippen molar-refractivity contribution in [2.45, 2.75) is 24.3 Å². The molecule has 1 fully saturated rings. The van der Waals surface area contributed by atoms with Gasteiger partial charge in [0.05, 0.1) is 21.0 Å². The van der Waals surface area contributed by atoms with E-state index in [0.717, 1.165) is 5.52 Å². The fraction of sp³-hybridized carbons (Fsp3) is 0.273. The molecule has 0 spiro atoms. The molecular weight excluding hydrogens is 473 g/mol. The maximum absolute atomic E-state index is 13.6. The zero-order valence-corrected chi connectivity index (χ0v) is 19.5. The first kappa shape index (κ1) is 22.8. The smallest absolute Gasteiger partial charge is 0.252 e. The quantitative estimate of drug-likeness (QED) is 0.500. The molecule has 32 heavy (non-hydrogen) atoms. The Morgan fingerprint density at radius 1 is 1.28 bits per heavy atom. The van der Waals surface area contributed by atoms with Gasteiger partial charge >= 0.3 is 0 Å². The molecule has 6 nitrogen and oxygen atoms in total. The zero-order chi connectivity index (χ0) is 22.9. The molecule has 0 aliphatic carbocycles. The molecule has 0 radical (unpaired) electrons. The van der Waals surface area contributed by atoms with Gasteiger partial charge in [-0.25, -0.2) is 12.8 Å². The van der Waals surface area contributed by atoms with Gasteiger partial charge < -0.3 is 4.57 Å². The SMILES string of the molecule is C=CCn1c(=NC(=O)C2CCCN(S(=O)(=O)c3ccc(Cl)cc3)C2)sc2cc(F)ccc21. The highest BCUT2D eigenvalue weighted by molar-refractivity contribution is 7.89. The molecule has 2 aromatic carbocycles. The number of amides is 1. The third-order valence-corrected chi connectivity index (χ3v) is 8.52. The van der Waals surface area contributed by atoms with Gasteiger partial charge in [-0.3, -0.25) is 4.79 Å². The number of thiazole rings is 1. The zero-order valence-electron chi connectivity index (χ0n) is 17.1. The lowest BCUT2D eigenvalue weighted by Gasteiger charge is -2.30. The maximum atomic E-state index is 13.6. The van der Waals surface area contributed by atoms with Crippen molar-refractivity contribution in [3.63, 3.8) is 0 Å². The summed E-state index contributed by atoms with van der Waals surface area (Å²) >= 11 is 7.09. The molecule has 1 saturated heterocycles. The second-order valence-electron chi connectivity index (χ2n) is 7.50. The van der Waals surface area contributed by atoms with Gasteiger partial charge in [0.2, 0.25) is 10.0 Å². The monoisotopic (exact) mass is 493 g/mol. The molecule has 1 aliphatic rings. The number of fused-ring (bicyclic) bond motifs is 1. The molecular formula is C22H21ClFN3O3S2. The summed E-state index contributed by atoms with van der Waals surface area (Å²) in [6.07, 6.45) is 2.79. The third kappa shape index (κ3) is 4.56. The molecule has 1 unspecified atom stereocenters. The van der Waals surface area contributed by atoms with Gasteiger partial charge in [0.15, 0.2) is 4.80 Å². The Bertz CT molecular complexity index is 1350. The first-order valence-corrected chi connectivity index (χ1v) is 12.7. The first-order valence-electron chi connectivity index (χ1n) is 10.0. The van der Waals surface area contributed by atoms with E-state index in [2.05, 4.69) is 11.6 Å². The molecule has 10 heteroatoms. The largest absolute Gasteiger partial charge is 0.313 e. The summed E-state index contributed by atoms with van der Waals surface area (Å²) in [6, 6.07) is 10.4. The molecule has 1 aliphatic heterocycles. The lowest BCUT2D eigenvalue weighted by molar-refractivity contribution is -0.122. The highest BCUT2D eigenvalue weighted by Gasteiger charge is 2.33. The first-order chi connectivity index (χ1) is 15.3. The minimum Gasteiger partial charge on any atom is -0.313 e. The van der Waals surface area contributed by atoms with Crippen molar-refractivity contribution in [2.24, 2.45) is 10.9 Å². The number of sulfonamides is 1. The molecule has 1 amide bonds. The number of carbonyl (C=O) groups excluding carboxylic acids is 1. The lowest BCUT2D eigenvalue weighted by Crippen LogP contribution is -2.42. The van der Waals surface area contributed by atoms with Gasteiger partial charge in [-0.2, -0.15) is 9.30 Å². The Kier molecular flexibility index (Phi) is 6.62. The standard InChI is InChI=1S/C22H21ClFN3O3S2/c1-2-11-27-19-10-7-17(24)13-20(19)31-22(27)25-21(28)15-4-3-12-26(14-15)32(29,30)18-8-5-16(23)6-9-18/h2,5-10,13,15H,1,3-4,11-12,14H2. The Morgan fingerprint density at radius 2 is 2.03 bits per heavy atom. The topological polar surface area (TPSA) is 71.7 Å². The van der Waals surface area contributed by atoms with Crippen molar-refractivity contribution in [1.29, 1.82) is 0 Å². The van der Waals surface area contributed by atoms with Crippen LogP contribution in [0.3, 0.4) is 0 Å². The summed E-state index contributed by atoms with van der Waals surface area (Å²) in [5.74, 6) is -1.30. The van der Waals surface area contributed by atoms with Crippen LogP contribution >= 0.6 is 22.9 Å². The summed E-state index contributed by atoms with van der Waals surface area (Å²) in [5, 5.41) is 0.450. The molecule has 2 heterocycles.